The van der Waals surface area contributed by atoms with E-state index in [9.17, 15) is 0 Å². The molecule has 1 radical (unpaired) electrons. The number of thioether (sulfide) groups is 1. The van der Waals surface area contributed by atoms with Gasteiger partial charge < -0.3 is 0 Å². The lowest BCUT2D eigenvalue weighted by molar-refractivity contribution is 1.20. The van der Waals surface area contributed by atoms with Crippen LogP contribution in [0.5, 0.6) is 0 Å². The van der Waals surface area contributed by atoms with Crippen molar-refractivity contribution in [3.63, 3.8) is 0 Å². The molecule has 1 aliphatic heterocycles. The third kappa shape index (κ3) is 0.825. The fourth-order valence-electron chi connectivity index (χ4n) is 0.190. The summed E-state index contributed by atoms with van der Waals surface area (Å²) in [5, 5.41) is 8.97. The second-order valence-corrected chi connectivity index (χ2v) is 1.51. The van der Waals surface area contributed by atoms with Gasteiger partial charge in [-0.2, -0.15) is 10.2 Å². The summed E-state index contributed by atoms with van der Waals surface area (Å²) >= 11 is 1.53. The van der Waals surface area contributed by atoms with Crippen molar-refractivity contribution in [2.24, 2.45) is 10.2 Å². The molecule has 1 rings (SSSR count). The van der Waals surface area contributed by atoms with Crippen LogP contribution in [0.3, 0.4) is 0 Å². The number of hydrogen-bond donors (Lipinski definition) is 0. The van der Waals surface area contributed by atoms with Gasteiger partial charge in [0, 0.05) is 0 Å². The smallest absolute Gasteiger partial charge is 0.154 e. The van der Waals surface area contributed by atoms with Crippen LogP contribution in [-0.4, -0.2) is 0 Å². The molecule has 0 fully saturated rings. The zero-order chi connectivity index (χ0) is 4.24. The first-order valence-corrected chi connectivity index (χ1v) is 2.46. The highest BCUT2D eigenvalue weighted by Crippen LogP contribution is 2.11. The van der Waals surface area contributed by atoms with Gasteiger partial charge in [0.15, 0.2) is 5.88 Å². The fourth-order valence-corrected chi connectivity index (χ4v) is 0.494. The van der Waals surface area contributed by atoms with Gasteiger partial charge in [-0.25, -0.2) is 0 Å². The van der Waals surface area contributed by atoms with Gasteiger partial charge in [0.2, 0.25) is 0 Å². The molecule has 0 saturated carbocycles. The van der Waals surface area contributed by atoms with Gasteiger partial charge in [-0.15, -0.1) is 11.8 Å². The Kier molecular flexibility index (Phi) is 1.27. The van der Waals surface area contributed by atoms with E-state index in [1.54, 1.807) is 12.1 Å². The molecule has 0 aromatic rings. The summed E-state index contributed by atoms with van der Waals surface area (Å²) in [5.74, 6) is 1.68. The molecule has 1 heterocycles. The topological polar surface area (TPSA) is 24.7 Å². The largest absolute Gasteiger partial charge is 0.171 e. The molecule has 31 valence electrons. The molecule has 1 aliphatic rings. The van der Waals surface area contributed by atoms with Crippen LogP contribution in [0.4, 0.5) is 0 Å². The molecule has 0 spiro atoms. The van der Waals surface area contributed by atoms with Crippen molar-refractivity contribution >= 4 is 11.8 Å². The molecule has 0 amide bonds. The van der Waals surface area contributed by atoms with E-state index in [0.29, 0.717) is 0 Å². The third-order valence-electron chi connectivity index (χ3n) is 0.381. The molecule has 3 heteroatoms. The summed E-state index contributed by atoms with van der Waals surface area (Å²) in [7, 11) is 0. The first-order valence-electron chi connectivity index (χ1n) is 1.52. The van der Waals surface area contributed by atoms with Gasteiger partial charge in [0.25, 0.3) is 0 Å². The van der Waals surface area contributed by atoms with Crippen LogP contribution in [0.1, 0.15) is 0 Å². The Morgan fingerprint density at radius 3 is 2.50 bits per heavy atom. The lowest BCUT2D eigenvalue weighted by atomic mass is 11.1. The summed E-state index contributed by atoms with van der Waals surface area (Å²) in [6.07, 6.45) is 1.66. The van der Waals surface area contributed by atoms with E-state index < -0.39 is 0 Å². The predicted octanol–water partition coefficient (Wildman–Crippen LogP) is 1.78. The Hall–Kier alpha value is -0.310. The summed E-state index contributed by atoms with van der Waals surface area (Å²) in [5.41, 5.74) is 0. The number of rotatable bonds is 0. The fraction of sp³-hybridized carbons (Fsp3) is 0. The average molecular weight is 99.1 g/mol. The molecular formula is C3H3N2S. The van der Waals surface area contributed by atoms with Gasteiger partial charge in [-0.3, -0.25) is 0 Å². The Bertz CT molecular complexity index is 74.8. The van der Waals surface area contributed by atoms with Crippen LogP contribution in [0.25, 0.3) is 0 Å². The van der Waals surface area contributed by atoms with E-state index in [2.05, 4.69) is 10.2 Å². The van der Waals surface area contributed by atoms with Gasteiger partial charge in [-0.1, -0.05) is 0 Å². The number of azo groups is 1. The van der Waals surface area contributed by atoms with E-state index >= 15 is 0 Å². The highest BCUT2D eigenvalue weighted by molar-refractivity contribution is 8.04. The van der Waals surface area contributed by atoms with E-state index in [1.807, 2.05) is 5.41 Å². The molecule has 0 aromatic carbocycles. The summed E-state index contributed by atoms with van der Waals surface area (Å²) in [6.45, 7) is 0. The van der Waals surface area contributed by atoms with Crippen molar-refractivity contribution in [2.75, 3.05) is 0 Å². The van der Waals surface area contributed by atoms with Gasteiger partial charge in [0.1, 0.15) is 0 Å². The normalized spacial score (nSPS) is 18.7. The van der Waals surface area contributed by atoms with Crippen molar-refractivity contribution in [3.8, 4) is 0 Å². The summed E-state index contributed by atoms with van der Waals surface area (Å²) < 4.78 is 0. The van der Waals surface area contributed by atoms with Crippen molar-refractivity contribution in [1.29, 1.82) is 0 Å². The van der Waals surface area contributed by atoms with E-state index in [1.165, 1.54) is 11.8 Å². The van der Waals surface area contributed by atoms with Crippen LogP contribution in [0, 0.1) is 5.88 Å². The minimum Gasteiger partial charge on any atom is -0.171 e. The first-order chi connectivity index (χ1) is 3.00. The molecule has 0 unspecified atom stereocenters. The highest BCUT2D eigenvalue weighted by atomic mass is 32.2. The van der Waals surface area contributed by atoms with Gasteiger partial charge in [0.05, 0.1) is 6.20 Å². The quantitative estimate of drug-likeness (QED) is 0.454. The second kappa shape index (κ2) is 1.97. The highest BCUT2D eigenvalue weighted by Gasteiger charge is 1.80. The van der Waals surface area contributed by atoms with Crippen LogP contribution < -0.4 is 0 Å². The zero-order valence-corrected chi connectivity index (χ0v) is 3.85. The Balaban J connectivity index is 2.46. The monoisotopic (exact) mass is 99.0 g/mol. The molecule has 0 saturated heterocycles. The van der Waals surface area contributed by atoms with Crippen LogP contribution in [-0.2, 0) is 0 Å². The lowest BCUT2D eigenvalue weighted by Gasteiger charge is -1.86. The van der Waals surface area contributed by atoms with Crippen LogP contribution in [0.15, 0.2) is 21.8 Å². The van der Waals surface area contributed by atoms with Gasteiger partial charge in [-0.05, 0) is 5.41 Å². The maximum atomic E-state index is 3.55. The Morgan fingerprint density at radius 1 is 1.33 bits per heavy atom. The minimum atomic E-state index is 1.53. The average Bonchev–Trinajstić information content (AvgIpc) is 1.72. The maximum absolute atomic E-state index is 3.55. The van der Waals surface area contributed by atoms with E-state index in [-0.39, 0.29) is 0 Å². The number of nitrogens with zero attached hydrogens (tertiary/aromatic N) is 2. The van der Waals surface area contributed by atoms with Crippen molar-refractivity contribution < 1.29 is 0 Å². The van der Waals surface area contributed by atoms with Gasteiger partial charge >= 0.3 is 0 Å². The Morgan fingerprint density at radius 2 is 2.33 bits per heavy atom. The zero-order valence-electron chi connectivity index (χ0n) is 3.03. The molecule has 0 bridgehead atoms. The van der Waals surface area contributed by atoms with Crippen molar-refractivity contribution in [3.05, 3.63) is 17.5 Å². The molecular weight excluding hydrogens is 96.1 g/mol. The predicted molar refractivity (Wildman–Crippen MR) is 25.9 cm³/mol. The molecule has 0 aliphatic carbocycles. The first kappa shape index (κ1) is 3.87. The van der Waals surface area contributed by atoms with Crippen molar-refractivity contribution in [2.45, 2.75) is 0 Å². The van der Waals surface area contributed by atoms with Crippen molar-refractivity contribution in [1.82, 2.24) is 0 Å². The Labute approximate surface area is 40.3 Å². The standard InChI is InChI=1S/C3H3N2S/c1-2-6-3-5-4-1/h1-3H. The van der Waals surface area contributed by atoms with Crippen LogP contribution >= 0.6 is 11.8 Å². The SMILES string of the molecule is [CH]1N=NC=CS1. The van der Waals surface area contributed by atoms with E-state index in [0.717, 1.165) is 0 Å². The number of hydrogen-bond acceptors (Lipinski definition) is 3. The van der Waals surface area contributed by atoms with E-state index in [4.69, 9.17) is 0 Å². The minimum absolute atomic E-state index is 1.53. The molecule has 0 aromatic heterocycles. The molecule has 0 N–H and O–H groups in total. The molecule has 0 atom stereocenters. The third-order valence-corrected chi connectivity index (χ3v) is 0.876. The summed E-state index contributed by atoms with van der Waals surface area (Å²) in [6, 6.07) is 0. The summed E-state index contributed by atoms with van der Waals surface area (Å²) in [4.78, 5) is 0. The molecule has 6 heavy (non-hydrogen) atoms. The second-order valence-electron chi connectivity index (χ2n) is 0.758. The molecule has 2 nitrogen and oxygen atoms in total. The maximum Gasteiger partial charge on any atom is 0.154 e. The van der Waals surface area contributed by atoms with Crippen LogP contribution in [0.2, 0.25) is 0 Å². The lowest BCUT2D eigenvalue weighted by Crippen LogP contribution is -1.58.